The second-order valence-electron chi connectivity index (χ2n) is 7.01. The molecule has 4 rings (SSSR count). The van der Waals surface area contributed by atoms with Crippen LogP contribution in [0.25, 0.3) is 0 Å². The molecule has 140 valence electrons. The molecule has 2 aromatic rings. The van der Waals surface area contributed by atoms with Gasteiger partial charge < -0.3 is 10.2 Å². The van der Waals surface area contributed by atoms with Crippen molar-refractivity contribution in [3.8, 4) is 0 Å². The van der Waals surface area contributed by atoms with Crippen LogP contribution in [-0.4, -0.2) is 48.1 Å². The summed E-state index contributed by atoms with van der Waals surface area (Å²) in [6, 6.07) is 18.3. The normalized spacial score (nSPS) is 19.8. The molecule has 2 heterocycles. The van der Waals surface area contributed by atoms with Gasteiger partial charge in [0.2, 0.25) is 11.8 Å². The Morgan fingerprint density at radius 2 is 1.89 bits per heavy atom. The number of amides is 2. The van der Waals surface area contributed by atoms with Gasteiger partial charge >= 0.3 is 0 Å². The Labute approximate surface area is 163 Å². The van der Waals surface area contributed by atoms with Crippen LogP contribution in [0.15, 0.2) is 59.5 Å². The highest BCUT2D eigenvalue weighted by Crippen LogP contribution is 2.34. The highest BCUT2D eigenvalue weighted by molar-refractivity contribution is 8.00. The first-order valence-electron chi connectivity index (χ1n) is 9.27. The lowest BCUT2D eigenvalue weighted by Crippen LogP contribution is -2.46. The lowest BCUT2D eigenvalue weighted by Gasteiger charge is -2.28. The highest BCUT2D eigenvalue weighted by atomic mass is 32.2. The third-order valence-corrected chi connectivity index (χ3v) is 6.04. The SMILES string of the molecule is O=C(CN1C(=O)CSc2ccccc21)NC1CCN(Cc2ccccc2)C1. The molecule has 0 aromatic heterocycles. The van der Waals surface area contributed by atoms with E-state index >= 15 is 0 Å². The lowest BCUT2D eigenvalue weighted by molar-refractivity contribution is -0.123. The Hall–Kier alpha value is -2.31. The number of benzene rings is 2. The van der Waals surface area contributed by atoms with E-state index in [9.17, 15) is 9.59 Å². The predicted octanol–water partition coefficient (Wildman–Crippen LogP) is 2.52. The molecule has 1 fully saturated rings. The summed E-state index contributed by atoms with van der Waals surface area (Å²) in [7, 11) is 0. The molecule has 1 saturated heterocycles. The van der Waals surface area contributed by atoms with Crippen LogP contribution >= 0.6 is 11.8 Å². The molecule has 0 bridgehead atoms. The Balaban J connectivity index is 1.32. The van der Waals surface area contributed by atoms with Crippen molar-refractivity contribution in [1.82, 2.24) is 10.2 Å². The van der Waals surface area contributed by atoms with Crippen molar-refractivity contribution in [1.29, 1.82) is 0 Å². The van der Waals surface area contributed by atoms with Gasteiger partial charge in [-0.3, -0.25) is 14.5 Å². The van der Waals surface area contributed by atoms with Gasteiger partial charge in [0.1, 0.15) is 6.54 Å². The summed E-state index contributed by atoms with van der Waals surface area (Å²) >= 11 is 1.53. The van der Waals surface area contributed by atoms with Crippen molar-refractivity contribution in [2.75, 3.05) is 30.3 Å². The molecule has 1 unspecified atom stereocenters. The number of rotatable bonds is 5. The fourth-order valence-corrected chi connectivity index (χ4v) is 4.62. The van der Waals surface area contributed by atoms with E-state index in [1.165, 1.54) is 17.3 Å². The van der Waals surface area contributed by atoms with Crippen LogP contribution < -0.4 is 10.2 Å². The van der Waals surface area contributed by atoms with E-state index in [4.69, 9.17) is 0 Å². The first-order valence-corrected chi connectivity index (χ1v) is 10.3. The molecule has 2 aliphatic rings. The van der Waals surface area contributed by atoms with E-state index in [2.05, 4.69) is 34.5 Å². The third kappa shape index (κ3) is 4.34. The van der Waals surface area contributed by atoms with E-state index in [0.29, 0.717) is 5.75 Å². The largest absolute Gasteiger partial charge is 0.350 e. The first-order chi connectivity index (χ1) is 13.2. The van der Waals surface area contributed by atoms with Crippen molar-refractivity contribution in [3.63, 3.8) is 0 Å². The van der Waals surface area contributed by atoms with Crippen molar-refractivity contribution in [2.24, 2.45) is 0 Å². The summed E-state index contributed by atoms with van der Waals surface area (Å²) in [6.45, 7) is 2.82. The number of para-hydroxylation sites is 1. The number of carbonyl (C=O) groups is 2. The van der Waals surface area contributed by atoms with Crippen LogP contribution in [0, 0.1) is 0 Å². The highest BCUT2D eigenvalue weighted by Gasteiger charge is 2.28. The van der Waals surface area contributed by atoms with Gasteiger partial charge in [-0.05, 0) is 24.1 Å². The van der Waals surface area contributed by atoms with Gasteiger partial charge in [0, 0.05) is 30.6 Å². The third-order valence-electron chi connectivity index (χ3n) is 5.00. The molecule has 0 radical (unpaired) electrons. The Kier molecular flexibility index (Phi) is 5.45. The van der Waals surface area contributed by atoms with E-state index < -0.39 is 0 Å². The van der Waals surface area contributed by atoms with Gasteiger partial charge in [0.05, 0.1) is 11.4 Å². The summed E-state index contributed by atoms with van der Waals surface area (Å²) in [5, 5.41) is 3.11. The molecule has 0 spiro atoms. The van der Waals surface area contributed by atoms with E-state index in [1.54, 1.807) is 4.90 Å². The fourth-order valence-electron chi connectivity index (χ4n) is 3.68. The van der Waals surface area contributed by atoms with Crippen LogP contribution in [0.4, 0.5) is 5.69 Å². The lowest BCUT2D eigenvalue weighted by atomic mass is 10.2. The number of thioether (sulfide) groups is 1. The maximum atomic E-state index is 12.6. The smallest absolute Gasteiger partial charge is 0.240 e. The van der Waals surface area contributed by atoms with Gasteiger partial charge in [-0.25, -0.2) is 0 Å². The van der Waals surface area contributed by atoms with Gasteiger partial charge in [0.15, 0.2) is 0 Å². The zero-order chi connectivity index (χ0) is 18.6. The minimum absolute atomic E-state index is 0.00836. The van der Waals surface area contributed by atoms with Crippen LogP contribution in [-0.2, 0) is 16.1 Å². The number of nitrogens with zero attached hydrogens (tertiary/aromatic N) is 2. The van der Waals surface area contributed by atoms with Gasteiger partial charge in [0.25, 0.3) is 0 Å². The van der Waals surface area contributed by atoms with Gasteiger partial charge in [-0.1, -0.05) is 42.5 Å². The first kappa shape index (κ1) is 18.1. The molecule has 2 amide bonds. The molecule has 6 heteroatoms. The van der Waals surface area contributed by atoms with E-state index in [-0.39, 0.29) is 24.4 Å². The van der Waals surface area contributed by atoms with Crippen LogP contribution in [0.1, 0.15) is 12.0 Å². The summed E-state index contributed by atoms with van der Waals surface area (Å²) in [5.41, 5.74) is 2.13. The number of likely N-dealkylation sites (tertiary alicyclic amines) is 1. The molecule has 1 N–H and O–H groups in total. The molecule has 0 saturated carbocycles. The van der Waals surface area contributed by atoms with Gasteiger partial charge in [-0.2, -0.15) is 0 Å². The van der Waals surface area contributed by atoms with E-state index in [1.807, 2.05) is 30.3 Å². The number of hydrogen-bond acceptors (Lipinski definition) is 4. The molecule has 5 nitrogen and oxygen atoms in total. The van der Waals surface area contributed by atoms with Crippen LogP contribution in [0.3, 0.4) is 0 Å². The van der Waals surface area contributed by atoms with Crippen molar-refractivity contribution in [2.45, 2.75) is 23.9 Å². The van der Waals surface area contributed by atoms with Gasteiger partial charge in [-0.15, -0.1) is 11.8 Å². The quantitative estimate of drug-likeness (QED) is 0.865. The average molecular weight is 382 g/mol. The summed E-state index contributed by atoms with van der Waals surface area (Å²) in [4.78, 5) is 29.9. The van der Waals surface area contributed by atoms with E-state index in [0.717, 1.165) is 36.6 Å². The molecule has 2 aromatic carbocycles. The molecular weight excluding hydrogens is 358 g/mol. The molecule has 27 heavy (non-hydrogen) atoms. The minimum atomic E-state index is -0.0865. The minimum Gasteiger partial charge on any atom is -0.350 e. The summed E-state index contributed by atoms with van der Waals surface area (Å²) in [6.07, 6.45) is 0.943. The fraction of sp³-hybridized carbons (Fsp3) is 0.333. The molecule has 0 aliphatic carbocycles. The average Bonchev–Trinajstić information content (AvgIpc) is 3.11. The Bertz CT molecular complexity index is 827. The standard InChI is InChI=1S/C21H23N3O2S/c25-20(14-24-18-8-4-5-9-19(18)27-15-21(24)26)22-17-10-11-23(13-17)12-16-6-2-1-3-7-16/h1-9,17H,10-15H2,(H,22,25). The Morgan fingerprint density at radius 1 is 1.11 bits per heavy atom. The number of anilines is 1. The summed E-state index contributed by atoms with van der Waals surface area (Å²) in [5.74, 6) is 0.293. The monoisotopic (exact) mass is 381 g/mol. The van der Waals surface area contributed by atoms with Crippen LogP contribution in [0.5, 0.6) is 0 Å². The Morgan fingerprint density at radius 3 is 2.74 bits per heavy atom. The van der Waals surface area contributed by atoms with Crippen molar-refractivity contribution in [3.05, 3.63) is 60.2 Å². The second kappa shape index (κ2) is 8.15. The number of nitrogens with one attached hydrogen (secondary N) is 1. The summed E-state index contributed by atoms with van der Waals surface area (Å²) < 4.78 is 0. The van der Waals surface area contributed by atoms with Crippen molar-refractivity contribution < 1.29 is 9.59 Å². The number of fused-ring (bicyclic) bond motifs is 1. The van der Waals surface area contributed by atoms with Crippen LogP contribution in [0.2, 0.25) is 0 Å². The molecular formula is C21H23N3O2S. The number of hydrogen-bond donors (Lipinski definition) is 1. The second-order valence-corrected chi connectivity index (χ2v) is 8.03. The zero-order valence-corrected chi connectivity index (χ0v) is 16.0. The maximum Gasteiger partial charge on any atom is 0.240 e. The topological polar surface area (TPSA) is 52.7 Å². The van der Waals surface area contributed by atoms with Crippen molar-refractivity contribution >= 4 is 29.3 Å². The molecule has 1 atom stereocenters. The maximum absolute atomic E-state index is 12.6. The predicted molar refractivity (Wildman–Crippen MR) is 108 cm³/mol. The number of carbonyl (C=O) groups excluding carboxylic acids is 2. The zero-order valence-electron chi connectivity index (χ0n) is 15.1. The molecule has 2 aliphatic heterocycles.